The fourth-order valence-electron chi connectivity index (χ4n) is 2.15. The van der Waals surface area contributed by atoms with Gasteiger partial charge in [0.25, 0.3) is 5.91 Å². The molecule has 2 heterocycles. The SMILES string of the molecule is C=CCN1C(=O)/C(=C\c2ccc(-c3ccccc3Cl)o2)SC1=S. The summed E-state index contributed by atoms with van der Waals surface area (Å²) in [6.45, 7) is 4.04. The van der Waals surface area contributed by atoms with E-state index in [1.54, 1.807) is 24.3 Å². The number of carbonyl (C=O) groups is 1. The van der Waals surface area contributed by atoms with Gasteiger partial charge < -0.3 is 4.42 Å². The van der Waals surface area contributed by atoms with Gasteiger partial charge in [-0.1, -0.05) is 53.8 Å². The highest BCUT2D eigenvalue weighted by Crippen LogP contribution is 2.34. The largest absolute Gasteiger partial charge is 0.457 e. The van der Waals surface area contributed by atoms with Crippen LogP contribution in [0.25, 0.3) is 17.4 Å². The summed E-state index contributed by atoms with van der Waals surface area (Å²) in [5.41, 5.74) is 0.813. The number of rotatable bonds is 4. The van der Waals surface area contributed by atoms with E-state index in [4.69, 9.17) is 28.2 Å². The second kappa shape index (κ2) is 6.74. The third-order valence-electron chi connectivity index (χ3n) is 3.22. The first-order valence-corrected chi connectivity index (χ1v) is 8.41. The summed E-state index contributed by atoms with van der Waals surface area (Å²) in [5.74, 6) is 1.11. The highest BCUT2D eigenvalue weighted by molar-refractivity contribution is 8.26. The van der Waals surface area contributed by atoms with E-state index in [1.807, 2.05) is 24.3 Å². The lowest BCUT2D eigenvalue weighted by Crippen LogP contribution is -2.27. The minimum atomic E-state index is -0.129. The number of benzene rings is 1. The molecule has 116 valence electrons. The van der Waals surface area contributed by atoms with Gasteiger partial charge in [0.1, 0.15) is 15.8 Å². The van der Waals surface area contributed by atoms with Gasteiger partial charge in [-0.25, -0.2) is 0 Å². The lowest BCUT2D eigenvalue weighted by molar-refractivity contribution is -0.121. The van der Waals surface area contributed by atoms with Crippen molar-refractivity contribution in [2.24, 2.45) is 0 Å². The molecule has 0 atom stereocenters. The molecule has 3 nitrogen and oxygen atoms in total. The van der Waals surface area contributed by atoms with E-state index in [0.29, 0.717) is 32.3 Å². The zero-order chi connectivity index (χ0) is 16.4. The number of hydrogen-bond donors (Lipinski definition) is 0. The lowest BCUT2D eigenvalue weighted by atomic mass is 10.2. The Bertz CT molecular complexity index is 826. The van der Waals surface area contributed by atoms with Gasteiger partial charge in [0.05, 0.1) is 9.93 Å². The molecule has 1 aliphatic rings. The number of thiocarbonyl (C=S) groups is 1. The minimum absolute atomic E-state index is 0.129. The Labute approximate surface area is 148 Å². The summed E-state index contributed by atoms with van der Waals surface area (Å²) >= 11 is 12.6. The highest BCUT2D eigenvalue weighted by Gasteiger charge is 2.31. The van der Waals surface area contributed by atoms with Gasteiger partial charge in [0.15, 0.2) is 0 Å². The van der Waals surface area contributed by atoms with Gasteiger partial charge >= 0.3 is 0 Å². The molecule has 0 unspecified atom stereocenters. The molecule has 1 saturated heterocycles. The fourth-order valence-corrected chi connectivity index (χ4v) is 3.64. The zero-order valence-corrected chi connectivity index (χ0v) is 14.4. The maximum absolute atomic E-state index is 12.3. The van der Waals surface area contributed by atoms with Crippen LogP contribution in [0.15, 0.2) is 58.4 Å². The first-order valence-electron chi connectivity index (χ1n) is 6.81. The van der Waals surface area contributed by atoms with Crippen LogP contribution in [-0.2, 0) is 4.79 Å². The number of furan rings is 1. The topological polar surface area (TPSA) is 33.5 Å². The van der Waals surface area contributed by atoms with Crippen LogP contribution < -0.4 is 0 Å². The molecule has 6 heteroatoms. The van der Waals surface area contributed by atoms with Crippen LogP contribution in [0.5, 0.6) is 0 Å². The maximum atomic E-state index is 12.3. The molecule has 1 aromatic carbocycles. The molecule has 3 rings (SSSR count). The first-order chi connectivity index (χ1) is 11.1. The average Bonchev–Trinajstić information content (AvgIpc) is 3.09. The predicted octanol–water partition coefficient (Wildman–Crippen LogP) is 4.99. The number of carbonyl (C=O) groups excluding carboxylic acids is 1. The number of nitrogens with zero attached hydrogens (tertiary/aromatic N) is 1. The van der Waals surface area contributed by atoms with Crippen LogP contribution in [0.4, 0.5) is 0 Å². The van der Waals surface area contributed by atoms with Gasteiger partial charge in [-0.05, 0) is 24.3 Å². The summed E-state index contributed by atoms with van der Waals surface area (Å²) in [6.07, 6.45) is 3.35. The Morgan fingerprint density at radius 3 is 2.83 bits per heavy atom. The summed E-state index contributed by atoms with van der Waals surface area (Å²) in [6, 6.07) is 11.1. The van der Waals surface area contributed by atoms with Crippen molar-refractivity contribution in [3.8, 4) is 11.3 Å². The van der Waals surface area contributed by atoms with Crippen molar-refractivity contribution in [3.05, 3.63) is 64.7 Å². The standard InChI is InChI=1S/C17H12ClNO2S2/c1-2-9-19-16(20)15(23-17(19)22)10-11-7-8-14(21-11)12-5-3-4-6-13(12)18/h2-8,10H,1,9H2/b15-10+. The van der Waals surface area contributed by atoms with Crippen molar-refractivity contribution >= 4 is 51.9 Å². The average molecular weight is 362 g/mol. The van der Waals surface area contributed by atoms with Crippen LogP contribution in [0.2, 0.25) is 5.02 Å². The second-order valence-electron chi connectivity index (χ2n) is 4.76. The van der Waals surface area contributed by atoms with Crippen LogP contribution in [-0.4, -0.2) is 21.7 Å². The smallest absolute Gasteiger partial charge is 0.266 e. The van der Waals surface area contributed by atoms with Crippen molar-refractivity contribution < 1.29 is 9.21 Å². The molecule has 1 amide bonds. The molecule has 0 saturated carbocycles. The van der Waals surface area contributed by atoms with Crippen LogP contribution in [0.1, 0.15) is 5.76 Å². The van der Waals surface area contributed by atoms with Gasteiger partial charge in [0.2, 0.25) is 0 Å². The zero-order valence-electron chi connectivity index (χ0n) is 12.0. The third-order valence-corrected chi connectivity index (χ3v) is 4.93. The quantitative estimate of drug-likeness (QED) is 0.436. The van der Waals surface area contributed by atoms with E-state index >= 15 is 0 Å². The Hall–Kier alpha value is -1.82. The van der Waals surface area contributed by atoms with Crippen molar-refractivity contribution in [3.63, 3.8) is 0 Å². The van der Waals surface area contributed by atoms with Crippen LogP contribution >= 0.6 is 35.6 Å². The normalized spacial score (nSPS) is 16.4. The molecule has 2 aromatic rings. The first kappa shape index (κ1) is 16.1. The molecule has 0 spiro atoms. The molecule has 23 heavy (non-hydrogen) atoms. The summed E-state index contributed by atoms with van der Waals surface area (Å²) in [4.78, 5) is 14.3. The molecule has 1 fully saturated rings. The molecule has 1 aromatic heterocycles. The van der Waals surface area contributed by atoms with E-state index < -0.39 is 0 Å². The number of halogens is 1. The van der Waals surface area contributed by atoms with Gasteiger partial charge in [-0.15, -0.1) is 6.58 Å². The molecule has 0 N–H and O–H groups in total. The summed E-state index contributed by atoms with van der Waals surface area (Å²) in [7, 11) is 0. The van der Waals surface area contributed by atoms with Crippen molar-refractivity contribution in [2.75, 3.05) is 6.54 Å². The molecule has 0 bridgehead atoms. The van der Waals surface area contributed by atoms with E-state index in [2.05, 4.69) is 6.58 Å². The van der Waals surface area contributed by atoms with Gasteiger partial charge in [-0.2, -0.15) is 0 Å². The van der Waals surface area contributed by atoms with Crippen molar-refractivity contribution in [1.82, 2.24) is 4.90 Å². The summed E-state index contributed by atoms with van der Waals surface area (Å²) < 4.78 is 6.31. The van der Waals surface area contributed by atoms with Crippen molar-refractivity contribution in [2.45, 2.75) is 0 Å². The maximum Gasteiger partial charge on any atom is 0.266 e. The van der Waals surface area contributed by atoms with Crippen LogP contribution in [0.3, 0.4) is 0 Å². The van der Waals surface area contributed by atoms with Gasteiger partial charge in [-0.3, -0.25) is 9.69 Å². The monoisotopic (exact) mass is 361 g/mol. The van der Waals surface area contributed by atoms with Gasteiger partial charge in [0, 0.05) is 18.2 Å². The molecular weight excluding hydrogens is 350 g/mol. The Morgan fingerprint density at radius 2 is 2.09 bits per heavy atom. The van der Waals surface area contributed by atoms with E-state index in [-0.39, 0.29) is 5.91 Å². The van der Waals surface area contributed by atoms with Crippen LogP contribution in [0, 0.1) is 0 Å². The molecule has 0 radical (unpaired) electrons. The Balaban J connectivity index is 1.87. The molecule has 1 aliphatic heterocycles. The van der Waals surface area contributed by atoms with E-state index in [1.165, 1.54) is 16.7 Å². The van der Waals surface area contributed by atoms with E-state index in [9.17, 15) is 4.79 Å². The molecular formula is C17H12ClNO2S2. The highest BCUT2D eigenvalue weighted by atomic mass is 35.5. The fraction of sp³-hybridized carbons (Fsp3) is 0.0588. The minimum Gasteiger partial charge on any atom is -0.457 e. The second-order valence-corrected chi connectivity index (χ2v) is 6.85. The summed E-state index contributed by atoms with van der Waals surface area (Å²) in [5, 5.41) is 0.616. The lowest BCUT2D eigenvalue weighted by Gasteiger charge is -2.10. The van der Waals surface area contributed by atoms with Crippen molar-refractivity contribution in [1.29, 1.82) is 0 Å². The third kappa shape index (κ3) is 3.27. The van der Waals surface area contributed by atoms with E-state index in [0.717, 1.165) is 5.56 Å². The number of thioether (sulfide) groups is 1. The Morgan fingerprint density at radius 1 is 1.30 bits per heavy atom. The number of amides is 1. The predicted molar refractivity (Wildman–Crippen MR) is 99.2 cm³/mol. The molecule has 0 aliphatic carbocycles. The Kier molecular flexibility index (Phi) is 4.71. The number of hydrogen-bond acceptors (Lipinski definition) is 4.